The number of carbonyl (C=O) groups excluding carboxylic acids is 2. The van der Waals surface area contributed by atoms with Gasteiger partial charge in [-0.15, -0.1) is 0 Å². The van der Waals surface area contributed by atoms with Crippen molar-refractivity contribution in [2.45, 2.75) is 322 Å². The van der Waals surface area contributed by atoms with Crippen molar-refractivity contribution < 1.29 is 19.5 Å². The van der Waals surface area contributed by atoms with Gasteiger partial charge in [0.25, 0.3) is 0 Å². The minimum Gasteiger partial charge on any atom is -0.481 e. The van der Waals surface area contributed by atoms with E-state index in [4.69, 9.17) is 0 Å². The van der Waals surface area contributed by atoms with Gasteiger partial charge in [0.2, 0.25) is 11.8 Å². The molecular weight excluding hydrogens is 753 g/mol. The second kappa shape index (κ2) is 49.4. The molecule has 6 nitrogen and oxygen atoms in total. The van der Waals surface area contributed by atoms with E-state index in [0.717, 1.165) is 44.9 Å². The fourth-order valence-electron chi connectivity index (χ4n) is 9.00. The Morgan fingerprint density at radius 3 is 0.869 bits per heavy atom. The summed E-state index contributed by atoms with van der Waals surface area (Å²) < 4.78 is 0. The van der Waals surface area contributed by atoms with Gasteiger partial charge in [0.05, 0.1) is 0 Å². The first kappa shape index (κ1) is 59.4. The maximum atomic E-state index is 14.1. The highest BCUT2D eigenvalue weighted by Gasteiger charge is 2.26. The zero-order valence-electron chi connectivity index (χ0n) is 41.6. The molecular formula is C55H108N2O4. The molecule has 61 heavy (non-hydrogen) atoms. The smallest absolute Gasteiger partial charge is 0.303 e. The number of unbranched alkanes of at least 4 members (excludes halogenated alkanes) is 40. The minimum absolute atomic E-state index is 0.0736. The molecule has 0 spiro atoms. The molecule has 2 amide bonds. The summed E-state index contributed by atoms with van der Waals surface area (Å²) in [6.45, 7) is 8.24. The van der Waals surface area contributed by atoms with Crippen LogP contribution in [0.1, 0.15) is 316 Å². The molecule has 0 fully saturated rings. The molecule has 2 N–H and O–H groups in total. The van der Waals surface area contributed by atoms with E-state index >= 15 is 0 Å². The van der Waals surface area contributed by atoms with E-state index < -0.39 is 12.0 Å². The van der Waals surface area contributed by atoms with Crippen LogP contribution in [0.25, 0.3) is 0 Å². The van der Waals surface area contributed by atoms with E-state index in [1.54, 1.807) is 0 Å². The summed E-state index contributed by atoms with van der Waals surface area (Å²) in [6, 6.07) is -0.752. The molecule has 0 radical (unpaired) electrons. The summed E-state index contributed by atoms with van der Waals surface area (Å²) in [6.07, 6.45) is 56.1. The number of nitrogens with zero attached hydrogens (tertiary/aromatic N) is 1. The van der Waals surface area contributed by atoms with E-state index in [1.165, 1.54) is 231 Å². The number of aliphatic carboxylic acids is 1. The van der Waals surface area contributed by atoms with Crippen LogP contribution in [-0.2, 0) is 14.4 Å². The van der Waals surface area contributed by atoms with E-state index in [1.807, 2.05) is 4.90 Å². The topological polar surface area (TPSA) is 86.7 Å². The van der Waals surface area contributed by atoms with Gasteiger partial charge in [-0.05, 0) is 25.7 Å². The second-order valence-electron chi connectivity index (χ2n) is 19.3. The molecule has 0 aromatic heterocycles. The number of carboxylic acids is 1. The summed E-state index contributed by atoms with van der Waals surface area (Å²) >= 11 is 0. The number of hydrogen-bond acceptors (Lipinski definition) is 3. The van der Waals surface area contributed by atoms with Gasteiger partial charge in [0.15, 0.2) is 0 Å². The molecule has 0 saturated heterocycles. The highest BCUT2D eigenvalue weighted by Crippen LogP contribution is 2.18. The summed E-state index contributed by atoms with van der Waals surface area (Å²) in [4.78, 5) is 40.8. The number of carbonyl (C=O) groups is 3. The third-order valence-electron chi connectivity index (χ3n) is 13.2. The Kier molecular flexibility index (Phi) is 48.1. The van der Waals surface area contributed by atoms with Crippen LogP contribution in [0.15, 0.2) is 0 Å². The van der Waals surface area contributed by atoms with Crippen LogP contribution in [0.5, 0.6) is 0 Å². The number of carboxylic acid groups (broad SMARTS) is 1. The Morgan fingerprint density at radius 2 is 0.607 bits per heavy atom. The second-order valence-corrected chi connectivity index (χ2v) is 19.3. The molecule has 0 bridgehead atoms. The summed E-state index contributed by atoms with van der Waals surface area (Å²) in [5.74, 6) is -1.10. The highest BCUT2D eigenvalue weighted by atomic mass is 16.4. The van der Waals surface area contributed by atoms with E-state index in [2.05, 4.69) is 26.1 Å². The van der Waals surface area contributed by atoms with Gasteiger partial charge >= 0.3 is 5.97 Å². The number of rotatable bonds is 51. The van der Waals surface area contributed by atoms with E-state index in [-0.39, 0.29) is 24.7 Å². The van der Waals surface area contributed by atoms with Crippen molar-refractivity contribution in [3.63, 3.8) is 0 Å². The molecule has 0 rings (SSSR count). The number of hydrogen-bond donors (Lipinski definition) is 2. The van der Waals surface area contributed by atoms with Crippen LogP contribution < -0.4 is 5.32 Å². The van der Waals surface area contributed by atoms with Gasteiger partial charge in [-0.3, -0.25) is 14.4 Å². The molecule has 0 aromatic carbocycles. The maximum Gasteiger partial charge on any atom is 0.303 e. The third kappa shape index (κ3) is 44.8. The van der Waals surface area contributed by atoms with Gasteiger partial charge in [0.1, 0.15) is 6.04 Å². The SMILES string of the molecule is CCCCCCCCCCCCCCCCCC(=O)NC(CCC(=O)O)C(=O)N(CCCCCCCCCCCCCCCC)CCCCCCCCCCCCCCCC. The van der Waals surface area contributed by atoms with Crippen LogP contribution >= 0.6 is 0 Å². The average Bonchev–Trinajstić information content (AvgIpc) is 3.25. The van der Waals surface area contributed by atoms with Gasteiger partial charge in [0, 0.05) is 25.9 Å². The normalized spacial score (nSPS) is 11.9. The van der Waals surface area contributed by atoms with Crippen LogP contribution in [0.3, 0.4) is 0 Å². The molecule has 6 heteroatoms. The van der Waals surface area contributed by atoms with Crippen LogP contribution in [0.2, 0.25) is 0 Å². The molecule has 1 atom stereocenters. The van der Waals surface area contributed by atoms with Gasteiger partial charge in [-0.2, -0.15) is 0 Å². The summed E-state index contributed by atoms with van der Waals surface area (Å²) in [5, 5.41) is 12.5. The summed E-state index contributed by atoms with van der Waals surface area (Å²) in [7, 11) is 0. The van der Waals surface area contributed by atoms with Crippen molar-refractivity contribution in [2.75, 3.05) is 13.1 Å². The Labute approximate surface area is 381 Å². The molecule has 0 aliphatic heterocycles. The lowest BCUT2D eigenvalue weighted by molar-refractivity contribution is -0.139. The van der Waals surface area contributed by atoms with E-state index in [0.29, 0.717) is 19.5 Å². The minimum atomic E-state index is -0.917. The first-order valence-electron chi connectivity index (χ1n) is 27.8. The van der Waals surface area contributed by atoms with Crippen molar-refractivity contribution in [3.05, 3.63) is 0 Å². The van der Waals surface area contributed by atoms with Crippen molar-refractivity contribution >= 4 is 17.8 Å². The van der Waals surface area contributed by atoms with Crippen molar-refractivity contribution in [2.24, 2.45) is 0 Å². The molecule has 0 aliphatic carbocycles. The lowest BCUT2D eigenvalue weighted by atomic mass is 10.0. The lowest BCUT2D eigenvalue weighted by Gasteiger charge is -2.28. The van der Waals surface area contributed by atoms with Gasteiger partial charge in [-0.25, -0.2) is 0 Å². The van der Waals surface area contributed by atoms with Crippen molar-refractivity contribution in [1.82, 2.24) is 10.2 Å². The Hall–Kier alpha value is -1.59. The summed E-state index contributed by atoms with van der Waals surface area (Å²) in [5.41, 5.74) is 0. The Morgan fingerprint density at radius 1 is 0.361 bits per heavy atom. The largest absolute Gasteiger partial charge is 0.481 e. The van der Waals surface area contributed by atoms with Crippen LogP contribution in [-0.4, -0.2) is 46.9 Å². The van der Waals surface area contributed by atoms with Crippen molar-refractivity contribution in [3.8, 4) is 0 Å². The Bertz CT molecular complexity index is 894. The first-order valence-corrected chi connectivity index (χ1v) is 27.8. The monoisotopic (exact) mass is 861 g/mol. The van der Waals surface area contributed by atoms with Crippen molar-refractivity contribution in [1.29, 1.82) is 0 Å². The number of nitrogens with one attached hydrogen (secondary N) is 1. The predicted molar refractivity (Wildman–Crippen MR) is 266 cm³/mol. The standard InChI is InChI=1S/C55H108N2O4/c1-4-7-10-13-16-19-22-25-28-29-32-35-38-41-44-47-53(58)56-52(48-49-54(59)60)55(61)57(50-45-42-39-36-33-30-26-23-20-17-14-11-8-5-2)51-46-43-40-37-34-31-27-24-21-18-15-12-9-6-3/h52H,4-51H2,1-3H3,(H,56,58)(H,59,60). The molecule has 362 valence electrons. The average molecular weight is 861 g/mol. The van der Waals surface area contributed by atoms with Crippen LogP contribution in [0, 0.1) is 0 Å². The molecule has 0 aromatic rings. The van der Waals surface area contributed by atoms with Gasteiger partial charge in [-0.1, -0.05) is 278 Å². The fraction of sp³-hybridized carbons (Fsp3) is 0.945. The molecule has 0 aliphatic rings. The third-order valence-corrected chi connectivity index (χ3v) is 13.2. The lowest BCUT2D eigenvalue weighted by Crippen LogP contribution is -2.49. The molecule has 0 saturated carbocycles. The first-order chi connectivity index (χ1) is 30.0. The molecule has 0 heterocycles. The quantitative estimate of drug-likeness (QED) is 0.0597. The maximum absolute atomic E-state index is 14.1. The number of amides is 2. The zero-order chi connectivity index (χ0) is 44.5. The van der Waals surface area contributed by atoms with Crippen LogP contribution in [0.4, 0.5) is 0 Å². The molecule has 1 unspecified atom stereocenters. The van der Waals surface area contributed by atoms with Gasteiger partial charge < -0.3 is 15.3 Å². The zero-order valence-corrected chi connectivity index (χ0v) is 41.6. The fourth-order valence-corrected chi connectivity index (χ4v) is 9.00. The Balaban J connectivity index is 4.70. The predicted octanol–water partition coefficient (Wildman–Crippen LogP) is 17.4. The van der Waals surface area contributed by atoms with E-state index in [9.17, 15) is 19.5 Å². The highest BCUT2D eigenvalue weighted by molar-refractivity contribution is 5.88.